The van der Waals surface area contributed by atoms with E-state index in [0.717, 1.165) is 24.2 Å². The maximum absolute atomic E-state index is 12.8. The van der Waals surface area contributed by atoms with Crippen molar-refractivity contribution in [3.63, 3.8) is 0 Å². The van der Waals surface area contributed by atoms with E-state index in [0.29, 0.717) is 0 Å². The van der Waals surface area contributed by atoms with Crippen LogP contribution in [-0.2, 0) is 6.42 Å². The van der Waals surface area contributed by atoms with E-state index in [-0.39, 0.29) is 11.9 Å². The molecule has 0 saturated heterocycles. The third-order valence-corrected chi connectivity index (χ3v) is 2.99. The van der Waals surface area contributed by atoms with Gasteiger partial charge in [0.25, 0.3) is 0 Å². The van der Waals surface area contributed by atoms with E-state index in [4.69, 9.17) is 5.73 Å². The summed E-state index contributed by atoms with van der Waals surface area (Å²) in [5.74, 6) is -0.236. The summed E-state index contributed by atoms with van der Waals surface area (Å²) < 4.78 is 14.5. The molecule has 0 bridgehead atoms. The lowest BCUT2D eigenvalue weighted by Crippen LogP contribution is -2.08. The molecule has 2 N–H and O–H groups in total. The highest BCUT2D eigenvalue weighted by Crippen LogP contribution is 2.28. The van der Waals surface area contributed by atoms with Crippen LogP contribution in [0.3, 0.4) is 0 Å². The molecule has 16 heavy (non-hydrogen) atoms. The van der Waals surface area contributed by atoms with Gasteiger partial charge in [-0.1, -0.05) is 0 Å². The number of hydrogen-bond donors (Lipinski definition) is 1. The maximum Gasteiger partial charge on any atom is 0.123 e. The van der Waals surface area contributed by atoms with Crippen molar-refractivity contribution in [2.45, 2.75) is 18.9 Å². The van der Waals surface area contributed by atoms with Gasteiger partial charge in [-0.15, -0.1) is 0 Å². The van der Waals surface area contributed by atoms with Gasteiger partial charge in [0.05, 0.1) is 11.4 Å². The van der Waals surface area contributed by atoms with Crippen molar-refractivity contribution in [1.82, 2.24) is 9.78 Å². The van der Waals surface area contributed by atoms with Crippen molar-refractivity contribution in [2.75, 3.05) is 0 Å². The third-order valence-electron chi connectivity index (χ3n) is 2.99. The lowest BCUT2D eigenvalue weighted by molar-refractivity contribution is 0.626. The van der Waals surface area contributed by atoms with Gasteiger partial charge in [0.2, 0.25) is 0 Å². The first-order chi connectivity index (χ1) is 7.74. The molecule has 3 nitrogen and oxygen atoms in total. The van der Waals surface area contributed by atoms with E-state index in [2.05, 4.69) is 5.10 Å². The van der Waals surface area contributed by atoms with Gasteiger partial charge in [0, 0.05) is 12.2 Å². The smallest absolute Gasteiger partial charge is 0.123 e. The Kier molecular flexibility index (Phi) is 2.04. The van der Waals surface area contributed by atoms with Crippen LogP contribution in [0.15, 0.2) is 30.5 Å². The van der Waals surface area contributed by atoms with Crippen LogP contribution in [0, 0.1) is 5.82 Å². The second-order valence-corrected chi connectivity index (χ2v) is 4.11. The second kappa shape index (κ2) is 3.42. The Morgan fingerprint density at radius 2 is 2.06 bits per heavy atom. The summed E-state index contributed by atoms with van der Waals surface area (Å²) >= 11 is 0. The number of aromatic nitrogens is 2. The van der Waals surface area contributed by atoms with Crippen LogP contribution in [-0.4, -0.2) is 9.78 Å². The molecule has 0 radical (unpaired) electrons. The van der Waals surface area contributed by atoms with Crippen LogP contribution in [0.2, 0.25) is 0 Å². The zero-order valence-electron chi connectivity index (χ0n) is 8.73. The van der Waals surface area contributed by atoms with E-state index >= 15 is 0 Å². The van der Waals surface area contributed by atoms with Crippen LogP contribution in [0.5, 0.6) is 0 Å². The number of rotatable bonds is 1. The van der Waals surface area contributed by atoms with Gasteiger partial charge in [-0.25, -0.2) is 9.07 Å². The molecule has 2 aromatic rings. The molecule has 1 aromatic heterocycles. The minimum Gasteiger partial charge on any atom is -0.323 e. The first kappa shape index (κ1) is 9.54. The lowest BCUT2D eigenvalue weighted by Gasteiger charge is -2.03. The average molecular weight is 217 g/mol. The van der Waals surface area contributed by atoms with Gasteiger partial charge in [-0.2, -0.15) is 5.10 Å². The molecular formula is C12H12FN3. The summed E-state index contributed by atoms with van der Waals surface area (Å²) in [4.78, 5) is 0. The van der Waals surface area contributed by atoms with E-state index < -0.39 is 0 Å². The molecule has 0 amide bonds. The Labute approximate surface area is 92.7 Å². The molecular weight excluding hydrogens is 205 g/mol. The van der Waals surface area contributed by atoms with Crippen molar-refractivity contribution in [2.24, 2.45) is 5.73 Å². The number of halogens is 1. The van der Waals surface area contributed by atoms with Gasteiger partial charge in [-0.05, 0) is 42.7 Å². The summed E-state index contributed by atoms with van der Waals surface area (Å²) in [6.07, 6.45) is 3.94. The van der Waals surface area contributed by atoms with Crippen molar-refractivity contribution < 1.29 is 4.39 Å². The molecule has 1 aliphatic carbocycles. The Morgan fingerprint density at radius 3 is 2.75 bits per heavy atom. The van der Waals surface area contributed by atoms with Crippen LogP contribution in [0.1, 0.15) is 23.7 Å². The zero-order valence-corrected chi connectivity index (χ0v) is 8.73. The van der Waals surface area contributed by atoms with Crippen LogP contribution < -0.4 is 5.73 Å². The Bertz CT molecular complexity index is 516. The first-order valence-corrected chi connectivity index (χ1v) is 5.34. The second-order valence-electron chi connectivity index (χ2n) is 4.11. The topological polar surface area (TPSA) is 43.8 Å². The Balaban J connectivity index is 2.02. The summed E-state index contributed by atoms with van der Waals surface area (Å²) in [6, 6.07) is 6.34. The van der Waals surface area contributed by atoms with Gasteiger partial charge < -0.3 is 5.73 Å². The molecule has 0 aliphatic heterocycles. The molecule has 0 saturated carbocycles. The van der Waals surface area contributed by atoms with E-state index in [1.165, 1.54) is 17.7 Å². The summed E-state index contributed by atoms with van der Waals surface area (Å²) in [5, 5.41) is 4.44. The monoisotopic (exact) mass is 217 g/mol. The zero-order chi connectivity index (χ0) is 11.1. The Hall–Kier alpha value is -1.68. The molecule has 0 spiro atoms. The highest BCUT2D eigenvalue weighted by atomic mass is 19.1. The minimum absolute atomic E-state index is 0.0525. The number of fused-ring (bicyclic) bond motifs is 1. The standard InChI is InChI=1S/C12H12FN3/c13-9-2-4-10(5-3-9)16-7-8-1-6-11(14)12(8)15-16/h2-5,7,11H,1,6,14H2. The number of hydrogen-bond acceptors (Lipinski definition) is 2. The third kappa shape index (κ3) is 1.42. The lowest BCUT2D eigenvalue weighted by atomic mass is 10.3. The molecule has 1 heterocycles. The van der Waals surface area contributed by atoms with Crippen molar-refractivity contribution in [3.8, 4) is 5.69 Å². The fraction of sp³-hybridized carbons (Fsp3) is 0.250. The van der Waals surface area contributed by atoms with Gasteiger partial charge in [0.1, 0.15) is 5.82 Å². The Morgan fingerprint density at radius 1 is 1.31 bits per heavy atom. The average Bonchev–Trinajstić information content (AvgIpc) is 2.83. The van der Waals surface area contributed by atoms with Crippen molar-refractivity contribution in [1.29, 1.82) is 0 Å². The predicted octanol–water partition coefficient (Wildman–Crippen LogP) is 1.96. The molecule has 82 valence electrons. The fourth-order valence-corrected chi connectivity index (χ4v) is 2.10. The van der Waals surface area contributed by atoms with Crippen LogP contribution in [0.25, 0.3) is 5.69 Å². The highest BCUT2D eigenvalue weighted by Gasteiger charge is 2.23. The molecule has 4 heteroatoms. The van der Waals surface area contributed by atoms with Crippen LogP contribution >= 0.6 is 0 Å². The molecule has 1 aliphatic rings. The predicted molar refractivity (Wildman–Crippen MR) is 58.8 cm³/mol. The van der Waals surface area contributed by atoms with E-state index in [1.54, 1.807) is 16.8 Å². The maximum atomic E-state index is 12.8. The normalized spacial score (nSPS) is 18.8. The SMILES string of the molecule is NC1CCc2cn(-c3ccc(F)cc3)nc21. The molecule has 1 atom stereocenters. The highest BCUT2D eigenvalue weighted by molar-refractivity contribution is 5.35. The summed E-state index contributed by atoms with van der Waals surface area (Å²) in [6.45, 7) is 0. The first-order valence-electron chi connectivity index (χ1n) is 5.34. The fourth-order valence-electron chi connectivity index (χ4n) is 2.10. The number of nitrogens with two attached hydrogens (primary N) is 1. The number of aryl methyl sites for hydroxylation is 1. The van der Waals surface area contributed by atoms with Gasteiger partial charge in [0.15, 0.2) is 0 Å². The van der Waals surface area contributed by atoms with E-state index in [9.17, 15) is 4.39 Å². The molecule has 3 rings (SSSR count). The van der Waals surface area contributed by atoms with Gasteiger partial charge in [-0.3, -0.25) is 0 Å². The van der Waals surface area contributed by atoms with Crippen molar-refractivity contribution >= 4 is 0 Å². The van der Waals surface area contributed by atoms with Crippen molar-refractivity contribution in [3.05, 3.63) is 47.5 Å². The molecule has 1 aromatic carbocycles. The molecule has 0 fully saturated rings. The minimum atomic E-state index is -0.236. The molecule has 1 unspecified atom stereocenters. The largest absolute Gasteiger partial charge is 0.323 e. The van der Waals surface area contributed by atoms with E-state index in [1.807, 2.05) is 6.20 Å². The van der Waals surface area contributed by atoms with Crippen LogP contribution in [0.4, 0.5) is 4.39 Å². The van der Waals surface area contributed by atoms with Gasteiger partial charge >= 0.3 is 0 Å². The number of nitrogens with zero attached hydrogens (tertiary/aromatic N) is 2. The quantitative estimate of drug-likeness (QED) is 0.793. The number of benzene rings is 1. The summed E-state index contributed by atoms with van der Waals surface area (Å²) in [5.41, 5.74) is 8.97. The summed E-state index contributed by atoms with van der Waals surface area (Å²) in [7, 11) is 0.